The van der Waals surface area contributed by atoms with Gasteiger partial charge in [-0.25, -0.2) is 0 Å². The van der Waals surface area contributed by atoms with E-state index in [1.807, 2.05) is 11.7 Å². The van der Waals surface area contributed by atoms with Gasteiger partial charge in [-0.2, -0.15) is 5.10 Å². The zero-order valence-electron chi connectivity index (χ0n) is 13.2. The maximum absolute atomic E-state index is 6.30. The van der Waals surface area contributed by atoms with E-state index in [-0.39, 0.29) is 0 Å². The van der Waals surface area contributed by atoms with Crippen molar-refractivity contribution in [3.63, 3.8) is 0 Å². The van der Waals surface area contributed by atoms with Crippen LogP contribution in [0.15, 0.2) is 0 Å². The lowest BCUT2D eigenvalue weighted by Crippen LogP contribution is -2.31. The minimum atomic E-state index is 0.726. The zero-order valence-corrected chi connectivity index (χ0v) is 13.2. The molecule has 0 radical (unpaired) electrons. The molecule has 19 heavy (non-hydrogen) atoms. The third-order valence-corrected chi connectivity index (χ3v) is 3.93. The topological polar surface area (TPSA) is 47.1 Å². The largest absolute Gasteiger partial charge is 0.394 e. The van der Waals surface area contributed by atoms with Gasteiger partial charge in [0.05, 0.1) is 11.4 Å². The SMILES string of the molecule is CCCc1nn(C)c(N(CC)CC(CC)CC)c1N. The molecule has 4 nitrogen and oxygen atoms in total. The molecule has 0 atom stereocenters. The van der Waals surface area contributed by atoms with Gasteiger partial charge in [-0.15, -0.1) is 0 Å². The number of rotatable bonds is 8. The summed E-state index contributed by atoms with van der Waals surface area (Å²) in [6, 6.07) is 0. The maximum atomic E-state index is 6.30. The van der Waals surface area contributed by atoms with Gasteiger partial charge in [0.15, 0.2) is 0 Å². The number of nitrogens with zero attached hydrogens (tertiary/aromatic N) is 3. The highest BCUT2D eigenvalue weighted by molar-refractivity contribution is 5.66. The predicted octanol–water partition coefficient (Wildman–Crippen LogP) is 3.22. The van der Waals surface area contributed by atoms with E-state index < -0.39 is 0 Å². The summed E-state index contributed by atoms with van der Waals surface area (Å²) in [7, 11) is 2.00. The number of nitrogen functional groups attached to an aromatic ring is 1. The summed E-state index contributed by atoms with van der Waals surface area (Å²) in [5.41, 5.74) is 8.22. The Hall–Kier alpha value is -1.19. The molecule has 0 saturated heterocycles. The Balaban J connectivity index is 2.97. The molecule has 1 aromatic heterocycles. The van der Waals surface area contributed by atoms with Crippen molar-refractivity contribution in [2.24, 2.45) is 13.0 Å². The highest BCUT2D eigenvalue weighted by Crippen LogP contribution is 2.28. The fourth-order valence-electron chi connectivity index (χ4n) is 2.61. The second-order valence-electron chi connectivity index (χ2n) is 5.28. The van der Waals surface area contributed by atoms with Crippen molar-refractivity contribution in [2.45, 2.75) is 53.4 Å². The molecule has 0 saturated carbocycles. The normalized spacial score (nSPS) is 11.3. The van der Waals surface area contributed by atoms with Gasteiger partial charge in [-0.05, 0) is 19.3 Å². The molecule has 0 aliphatic heterocycles. The molecule has 0 unspecified atom stereocenters. The van der Waals surface area contributed by atoms with E-state index in [0.717, 1.165) is 49.0 Å². The summed E-state index contributed by atoms with van der Waals surface area (Å²) in [5.74, 6) is 1.82. The van der Waals surface area contributed by atoms with Crippen LogP contribution in [0.5, 0.6) is 0 Å². The lowest BCUT2D eigenvalue weighted by Gasteiger charge is -2.27. The third-order valence-electron chi connectivity index (χ3n) is 3.93. The summed E-state index contributed by atoms with van der Waals surface area (Å²) in [6.07, 6.45) is 4.47. The Morgan fingerprint density at radius 2 is 1.84 bits per heavy atom. The Morgan fingerprint density at radius 3 is 2.32 bits per heavy atom. The second-order valence-corrected chi connectivity index (χ2v) is 5.28. The van der Waals surface area contributed by atoms with E-state index in [1.54, 1.807) is 0 Å². The Kier molecular flexibility index (Phi) is 6.19. The van der Waals surface area contributed by atoms with E-state index in [1.165, 1.54) is 12.8 Å². The van der Waals surface area contributed by atoms with E-state index in [4.69, 9.17) is 5.73 Å². The van der Waals surface area contributed by atoms with Crippen molar-refractivity contribution in [1.82, 2.24) is 9.78 Å². The van der Waals surface area contributed by atoms with Gasteiger partial charge < -0.3 is 10.6 Å². The molecule has 0 spiro atoms. The van der Waals surface area contributed by atoms with Crippen molar-refractivity contribution < 1.29 is 0 Å². The maximum Gasteiger partial charge on any atom is 0.150 e. The molecule has 0 aromatic carbocycles. The lowest BCUT2D eigenvalue weighted by molar-refractivity contribution is 0.481. The van der Waals surface area contributed by atoms with Crippen LogP contribution < -0.4 is 10.6 Å². The number of aryl methyl sites for hydroxylation is 2. The number of aromatic nitrogens is 2. The van der Waals surface area contributed by atoms with Crippen LogP contribution in [0, 0.1) is 5.92 Å². The van der Waals surface area contributed by atoms with Gasteiger partial charge in [0.25, 0.3) is 0 Å². The van der Waals surface area contributed by atoms with E-state index >= 15 is 0 Å². The first-order chi connectivity index (χ1) is 9.08. The van der Waals surface area contributed by atoms with Gasteiger partial charge in [0.2, 0.25) is 0 Å². The van der Waals surface area contributed by atoms with E-state index in [0.29, 0.717) is 0 Å². The minimum absolute atomic E-state index is 0.726. The first-order valence-electron chi connectivity index (χ1n) is 7.65. The minimum Gasteiger partial charge on any atom is -0.394 e. The molecule has 0 aliphatic rings. The smallest absolute Gasteiger partial charge is 0.150 e. The van der Waals surface area contributed by atoms with Crippen molar-refractivity contribution >= 4 is 11.5 Å². The van der Waals surface area contributed by atoms with Gasteiger partial charge in [0, 0.05) is 20.1 Å². The quantitative estimate of drug-likeness (QED) is 0.786. The van der Waals surface area contributed by atoms with Crippen LogP contribution >= 0.6 is 0 Å². The molecule has 0 fully saturated rings. The molecule has 0 amide bonds. The van der Waals surface area contributed by atoms with Crippen LogP contribution in [0.4, 0.5) is 11.5 Å². The standard InChI is InChI=1S/C15H30N4/c1-6-10-13-14(16)15(18(5)17-13)19(9-4)11-12(7-2)8-3/h12H,6-11,16H2,1-5H3. The summed E-state index contributed by atoms with van der Waals surface area (Å²) < 4.78 is 1.95. The van der Waals surface area contributed by atoms with Crippen LogP contribution in [0.25, 0.3) is 0 Å². The van der Waals surface area contributed by atoms with Crippen molar-refractivity contribution in [2.75, 3.05) is 23.7 Å². The first kappa shape index (κ1) is 15.9. The fraction of sp³-hybridized carbons (Fsp3) is 0.800. The van der Waals surface area contributed by atoms with Crippen LogP contribution in [0.1, 0.15) is 52.7 Å². The van der Waals surface area contributed by atoms with E-state index in [9.17, 15) is 0 Å². The summed E-state index contributed by atoms with van der Waals surface area (Å²) in [4.78, 5) is 2.37. The van der Waals surface area contributed by atoms with Crippen LogP contribution in [-0.2, 0) is 13.5 Å². The number of hydrogen-bond acceptors (Lipinski definition) is 3. The van der Waals surface area contributed by atoms with Crippen LogP contribution in [0.3, 0.4) is 0 Å². The van der Waals surface area contributed by atoms with Crippen LogP contribution in [-0.4, -0.2) is 22.9 Å². The molecule has 1 aromatic rings. The average Bonchev–Trinajstić information content (AvgIpc) is 2.68. The molecular weight excluding hydrogens is 236 g/mol. The Bertz CT molecular complexity index is 380. The zero-order chi connectivity index (χ0) is 14.4. The predicted molar refractivity (Wildman–Crippen MR) is 83.6 cm³/mol. The first-order valence-corrected chi connectivity index (χ1v) is 7.65. The highest BCUT2D eigenvalue weighted by Gasteiger charge is 2.19. The molecule has 4 heteroatoms. The second kappa shape index (κ2) is 7.41. The molecule has 110 valence electrons. The lowest BCUT2D eigenvalue weighted by atomic mass is 10.0. The number of hydrogen-bond donors (Lipinski definition) is 1. The molecular formula is C15H30N4. The molecule has 2 N–H and O–H groups in total. The van der Waals surface area contributed by atoms with Crippen molar-refractivity contribution in [3.8, 4) is 0 Å². The summed E-state index contributed by atoms with van der Waals surface area (Å²) >= 11 is 0. The fourth-order valence-corrected chi connectivity index (χ4v) is 2.61. The molecule has 1 heterocycles. The Morgan fingerprint density at radius 1 is 1.21 bits per heavy atom. The Labute approximate surface area is 118 Å². The van der Waals surface area contributed by atoms with Crippen LogP contribution in [0.2, 0.25) is 0 Å². The third kappa shape index (κ3) is 3.64. The van der Waals surface area contributed by atoms with Crippen molar-refractivity contribution in [3.05, 3.63) is 5.69 Å². The van der Waals surface area contributed by atoms with E-state index in [2.05, 4.69) is 37.7 Å². The van der Waals surface area contributed by atoms with Gasteiger partial charge in [-0.1, -0.05) is 40.0 Å². The van der Waals surface area contributed by atoms with Gasteiger partial charge in [-0.3, -0.25) is 4.68 Å². The number of anilines is 2. The van der Waals surface area contributed by atoms with Gasteiger partial charge >= 0.3 is 0 Å². The number of nitrogens with two attached hydrogens (primary N) is 1. The average molecular weight is 266 g/mol. The van der Waals surface area contributed by atoms with Gasteiger partial charge in [0.1, 0.15) is 5.82 Å². The van der Waals surface area contributed by atoms with Crippen molar-refractivity contribution in [1.29, 1.82) is 0 Å². The molecule has 0 aliphatic carbocycles. The highest BCUT2D eigenvalue weighted by atomic mass is 15.4. The molecule has 1 rings (SSSR count). The molecule has 0 bridgehead atoms. The monoisotopic (exact) mass is 266 g/mol. The summed E-state index contributed by atoms with van der Waals surface area (Å²) in [5, 5.41) is 4.58. The summed E-state index contributed by atoms with van der Waals surface area (Å²) in [6.45, 7) is 10.9.